The lowest BCUT2D eigenvalue weighted by Gasteiger charge is -2.06. The Morgan fingerprint density at radius 1 is 1.23 bits per heavy atom. The number of amides is 1. The first-order valence-corrected chi connectivity index (χ1v) is 6.59. The second-order valence-corrected chi connectivity index (χ2v) is 4.51. The first-order valence-electron chi connectivity index (χ1n) is 6.59. The minimum atomic E-state index is -0.569. The molecule has 0 saturated heterocycles. The van der Waals surface area contributed by atoms with Gasteiger partial charge < -0.3 is 19.4 Å². The largest absolute Gasteiger partial charge is 0.465 e. The number of hydrogen-bond acceptors (Lipinski definition) is 5. The SMILES string of the molecule is CNC(=O)COC(=O)Cn1cc(C(=O)OC)c2ccccc21. The standard InChI is InChI=1S/C15H16N2O5/c1-16-13(18)9-22-14(19)8-17-7-11(15(20)21-2)10-5-3-4-6-12(10)17/h3-7H,8-9H2,1-2H3,(H,16,18). The van der Waals surface area contributed by atoms with Crippen LogP contribution in [-0.4, -0.2) is 43.2 Å². The Labute approximate surface area is 126 Å². The molecule has 0 saturated carbocycles. The van der Waals surface area contributed by atoms with E-state index in [1.54, 1.807) is 28.8 Å². The first kappa shape index (κ1) is 15.6. The number of fused-ring (bicyclic) bond motifs is 1. The second-order valence-electron chi connectivity index (χ2n) is 4.51. The van der Waals surface area contributed by atoms with Gasteiger partial charge in [-0.15, -0.1) is 0 Å². The normalized spacial score (nSPS) is 10.3. The molecule has 0 unspecified atom stereocenters. The molecule has 0 aliphatic carbocycles. The van der Waals surface area contributed by atoms with Gasteiger partial charge in [0.2, 0.25) is 0 Å². The van der Waals surface area contributed by atoms with Crippen LogP contribution in [0.25, 0.3) is 10.9 Å². The molecule has 116 valence electrons. The van der Waals surface area contributed by atoms with Gasteiger partial charge in [-0.1, -0.05) is 18.2 Å². The van der Waals surface area contributed by atoms with Crippen molar-refractivity contribution >= 4 is 28.7 Å². The summed E-state index contributed by atoms with van der Waals surface area (Å²) in [6.45, 7) is -0.438. The summed E-state index contributed by atoms with van der Waals surface area (Å²) in [5.41, 5.74) is 1.08. The number of nitrogens with zero attached hydrogens (tertiary/aromatic N) is 1. The van der Waals surface area contributed by atoms with Crippen LogP contribution in [-0.2, 0) is 25.6 Å². The van der Waals surface area contributed by atoms with Crippen molar-refractivity contribution in [3.63, 3.8) is 0 Å². The molecule has 1 aromatic carbocycles. The summed E-state index contributed by atoms with van der Waals surface area (Å²) in [6.07, 6.45) is 1.54. The molecule has 7 nitrogen and oxygen atoms in total. The maximum atomic E-state index is 11.8. The fourth-order valence-corrected chi connectivity index (χ4v) is 2.05. The maximum Gasteiger partial charge on any atom is 0.340 e. The van der Waals surface area contributed by atoms with Gasteiger partial charge in [0.15, 0.2) is 6.61 Å². The number of likely N-dealkylation sites (N-methyl/N-ethyl adjacent to an activating group) is 1. The van der Waals surface area contributed by atoms with Gasteiger partial charge in [-0.05, 0) is 6.07 Å². The lowest BCUT2D eigenvalue weighted by Crippen LogP contribution is -2.26. The minimum absolute atomic E-state index is 0.103. The smallest absolute Gasteiger partial charge is 0.340 e. The molecule has 1 heterocycles. The summed E-state index contributed by atoms with van der Waals surface area (Å²) in [7, 11) is 2.75. The van der Waals surface area contributed by atoms with E-state index < -0.39 is 11.9 Å². The van der Waals surface area contributed by atoms with Crippen LogP contribution in [0.3, 0.4) is 0 Å². The molecule has 0 bridgehead atoms. The van der Waals surface area contributed by atoms with Gasteiger partial charge in [-0.2, -0.15) is 0 Å². The topological polar surface area (TPSA) is 86.6 Å². The molecule has 0 fully saturated rings. The van der Waals surface area contributed by atoms with Crippen LogP contribution in [0.2, 0.25) is 0 Å². The van der Waals surface area contributed by atoms with Gasteiger partial charge in [0, 0.05) is 24.1 Å². The number of methoxy groups -OCH3 is 1. The Kier molecular flexibility index (Phi) is 4.77. The number of hydrogen-bond donors (Lipinski definition) is 1. The van der Waals surface area contributed by atoms with E-state index in [4.69, 9.17) is 9.47 Å². The van der Waals surface area contributed by atoms with Gasteiger partial charge in [0.1, 0.15) is 6.54 Å². The van der Waals surface area contributed by atoms with Gasteiger partial charge in [0.05, 0.1) is 12.7 Å². The highest BCUT2D eigenvalue weighted by molar-refractivity contribution is 6.04. The average molecular weight is 304 g/mol. The van der Waals surface area contributed by atoms with Crippen LogP contribution in [0.5, 0.6) is 0 Å². The van der Waals surface area contributed by atoms with Gasteiger partial charge >= 0.3 is 11.9 Å². The van der Waals surface area contributed by atoms with E-state index in [1.807, 2.05) is 0 Å². The van der Waals surface area contributed by atoms with Crippen LogP contribution in [0.4, 0.5) is 0 Å². The van der Waals surface area contributed by atoms with Crippen LogP contribution in [0.15, 0.2) is 30.5 Å². The van der Waals surface area contributed by atoms with Gasteiger partial charge in [-0.3, -0.25) is 9.59 Å². The van der Waals surface area contributed by atoms with E-state index in [9.17, 15) is 14.4 Å². The highest BCUT2D eigenvalue weighted by Crippen LogP contribution is 2.22. The summed E-state index contributed by atoms with van der Waals surface area (Å²) >= 11 is 0. The Morgan fingerprint density at radius 2 is 1.95 bits per heavy atom. The summed E-state index contributed by atoms with van der Waals surface area (Å²) in [6, 6.07) is 7.15. The zero-order valence-electron chi connectivity index (χ0n) is 12.3. The third kappa shape index (κ3) is 3.25. The zero-order valence-corrected chi connectivity index (χ0v) is 12.3. The number of aromatic nitrogens is 1. The highest BCUT2D eigenvalue weighted by atomic mass is 16.5. The molecule has 7 heteroatoms. The predicted octanol–water partition coefficient (Wildman–Crippen LogP) is 0.717. The van der Waals surface area contributed by atoms with Crippen LogP contribution >= 0.6 is 0 Å². The van der Waals surface area contributed by atoms with E-state index in [2.05, 4.69) is 5.32 Å². The van der Waals surface area contributed by atoms with Gasteiger partial charge in [0.25, 0.3) is 5.91 Å². The summed E-state index contributed by atoms with van der Waals surface area (Å²) in [5, 5.41) is 3.04. The molecule has 2 aromatic rings. The molecule has 0 radical (unpaired) electrons. The lowest BCUT2D eigenvalue weighted by molar-refractivity contribution is -0.148. The predicted molar refractivity (Wildman–Crippen MR) is 78.3 cm³/mol. The Morgan fingerprint density at radius 3 is 2.64 bits per heavy atom. The van der Waals surface area contributed by atoms with E-state index >= 15 is 0 Å². The van der Waals surface area contributed by atoms with Crippen molar-refractivity contribution in [1.82, 2.24) is 9.88 Å². The maximum absolute atomic E-state index is 11.8. The van der Waals surface area contributed by atoms with Crippen LogP contribution in [0, 0.1) is 0 Å². The second kappa shape index (κ2) is 6.75. The summed E-state index contributed by atoms with van der Waals surface area (Å²) in [5.74, 6) is -1.43. The molecule has 0 atom stereocenters. The third-order valence-corrected chi connectivity index (χ3v) is 3.14. The van der Waals surface area contributed by atoms with E-state index in [0.29, 0.717) is 16.5 Å². The Hall–Kier alpha value is -2.83. The first-order chi connectivity index (χ1) is 10.6. The molecule has 2 rings (SSSR count). The number of rotatable bonds is 5. The number of nitrogens with one attached hydrogen (secondary N) is 1. The Balaban J connectivity index is 2.22. The highest BCUT2D eigenvalue weighted by Gasteiger charge is 2.17. The number of carbonyl (C=O) groups is 3. The molecule has 0 aliphatic heterocycles. The van der Waals surface area contributed by atoms with Crippen molar-refractivity contribution < 1.29 is 23.9 Å². The molecule has 0 aliphatic rings. The fraction of sp³-hybridized carbons (Fsp3) is 0.267. The van der Waals surface area contributed by atoms with Crippen LogP contribution in [0.1, 0.15) is 10.4 Å². The molecule has 1 aromatic heterocycles. The quantitative estimate of drug-likeness (QED) is 0.822. The summed E-state index contributed by atoms with van der Waals surface area (Å²) < 4.78 is 11.2. The molecule has 1 N–H and O–H groups in total. The number of para-hydroxylation sites is 1. The lowest BCUT2D eigenvalue weighted by atomic mass is 10.2. The van der Waals surface area contributed by atoms with Crippen molar-refractivity contribution in [2.45, 2.75) is 6.54 Å². The molecular weight excluding hydrogens is 288 g/mol. The fourth-order valence-electron chi connectivity index (χ4n) is 2.05. The molecule has 1 amide bonds. The Bertz CT molecular complexity index is 720. The minimum Gasteiger partial charge on any atom is -0.465 e. The van der Waals surface area contributed by atoms with Gasteiger partial charge in [-0.25, -0.2) is 4.79 Å². The molecule has 22 heavy (non-hydrogen) atoms. The molecular formula is C15H16N2O5. The van der Waals surface area contributed by atoms with Crippen molar-refractivity contribution in [2.75, 3.05) is 20.8 Å². The number of esters is 2. The van der Waals surface area contributed by atoms with E-state index in [1.165, 1.54) is 20.4 Å². The van der Waals surface area contributed by atoms with Crippen LogP contribution < -0.4 is 5.32 Å². The number of benzene rings is 1. The number of carbonyl (C=O) groups excluding carboxylic acids is 3. The summed E-state index contributed by atoms with van der Waals surface area (Å²) in [4.78, 5) is 34.6. The van der Waals surface area contributed by atoms with Crippen molar-refractivity contribution in [2.24, 2.45) is 0 Å². The van der Waals surface area contributed by atoms with E-state index in [-0.39, 0.29) is 19.1 Å². The zero-order chi connectivity index (χ0) is 16.1. The monoisotopic (exact) mass is 304 g/mol. The van der Waals surface area contributed by atoms with Crippen molar-refractivity contribution in [3.05, 3.63) is 36.0 Å². The van der Waals surface area contributed by atoms with E-state index in [0.717, 1.165) is 0 Å². The average Bonchev–Trinajstić information content (AvgIpc) is 2.90. The molecule has 0 spiro atoms. The van der Waals surface area contributed by atoms with Crippen molar-refractivity contribution in [1.29, 1.82) is 0 Å². The van der Waals surface area contributed by atoms with Crippen molar-refractivity contribution in [3.8, 4) is 0 Å². The third-order valence-electron chi connectivity index (χ3n) is 3.14. The number of ether oxygens (including phenoxy) is 2.